The molecule has 1 aromatic carbocycles. The van der Waals surface area contributed by atoms with Gasteiger partial charge in [-0.1, -0.05) is 37.8 Å². The van der Waals surface area contributed by atoms with Crippen LogP contribution in [0, 0.1) is 5.92 Å². The predicted molar refractivity (Wildman–Crippen MR) is 94.9 cm³/mol. The Morgan fingerprint density at radius 2 is 1.88 bits per heavy atom. The molecule has 0 saturated heterocycles. The molecular formula is C19H24N2O5. The molecule has 26 heavy (non-hydrogen) atoms. The molecule has 2 aliphatic rings. The summed E-state index contributed by atoms with van der Waals surface area (Å²) in [5.74, 6) is -1.66. The fourth-order valence-electron chi connectivity index (χ4n) is 3.61. The van der Waals surface area contributed by atoms with Crippen LogP contribution in [0.15, 0.2) is 24.3 Å². The molecule has 0 spiro atoms. The van der Waals surface area contributed by atoms with Crippen molar-refractivity contribution in [2.45, 2.75) is 57.1 Å². The molecule has 1 fully saturated rings. The maximum absolute atomic E-state index is 12.4. The molecule has 3 unspecified atom stereocenters. The quantitative estimate of drug-likeness (QED) is 0.764. The van der Waals surface area contributed by atoms with Crippen LogP contribution in [0.4, 0.5) is 5.69 Å². The second kappa shape index (κ2) is 8.21. The van der Waals surface area contributed by atoms with Gasteiger partial charge in [0.25, 0.3) is 5.91 Å². The Morgan fingerprint density at radius 1 is 1.15 bits per heavy atom. The number of aliphatic carboxylic acids is 1. The Morgan fingerprint density at radius 3 is 2.65 bits per heavy atom. The minimum atomic E-state index is -0.915. The standard InChI is InChI=1S/C19H24N2O5/c22-17(20-13-8-4-2-1-3-7-12(13)19(24)25)11-16-18(23)21-14-9-5-6-10-15(14)26-16/h5-6,9-10,12-13,16H,1-4,7-8,11H2,(H,20,22)(H,21,23)(H,24,25). The van der Waals surface area contributed by atoms with Gasteiger partial charge in [-0.3, -0.25) is 14.4 Å². The zero-order chi connectivity index (χ0) is 18.5. The molecule has 1 heterocycles. The highest BCUT2D eigenvalue weighted by Gasteiger charge is 2.33. The molecule has 3 rings (SSSR count). The number of carboxylic acid groups (broad SMARTS) is 1. The van der Waals surface area contributed by atoms with E-state index in [1.165, 1.54) is 0 Å². The van der Waals surface area contributed by atoms with Crippen LogP contribution < -0.4 is 15.4 Å². The van der Waals surface area contributed by atoms with E-state index in [0.717, 1.165) is 25.7 Å². The second-order valence-corrected chi connectivity index (χ2v) is 6.91. The third-order valence-corrected chi connectivity index (χ3v) is 5.01. The third-order valence-electron chi connectivity index (χ3n) is 5.01. The van der Waals surface area contributed by atoms with E-state index in [2.05, 4.69) is 10.6 Å². The molecule has 140 valence electrons. The number of carboxylic acids is 1. The molecule has 0 aromatic heterocycles. The molecule has 1 saturated carbocycles. The summed E-state index contributed by atoms with van der Waals surface area (Å²) in [6, 6.07) is 6.64. The molecule has 7 nitrogen and oxygen atoms in total. The summed E-state index contributed by atoms with van der Waals surface area (Å²) >= 11 is 0. The minimum absolute atomic E-state index is 0.136. The zero-order valence-electron chi connectivity index (χ0n) is 14.6. The van der Waals surface area contributed by atoms with Gasteiger partial charge in [0.2, 0.25) is 5.91 Å². The van der Waals surface area contributed by atoms with Gasteiger partial charge in [-0.05, 0) is 25.0 Å². The van der Waals surface area contributed by atoms with E-state index in [-0.39, 0.29) is 18.2 Å². The van der Waals surface area contributed by atoms with Gasteiger partial charge in [0.15, 0.2) is 6.10 Å². The van der Waals surface area contributed by atoms with Crippen molar-refractivity contribution >= 4 is 23.5 Å². The highest BCUT2D eigenvalue weighted by Crippen LogP contribution is 2.30. The topological polar surface area (TPSA) is 105 Å². The summed E-state index contributed by atoms with van der Waals surface area (Å²) < 4.78 is 5.63. The van der Waals surface area contributed by atoms with Gasteiger partial charge in [0, 0.05) is 6.04 Å². The Labute approximate surface area is 152 Å². The van der Waals surface area contributed by atoms with Gasteiger partial charge in [0.1, 0.15) is 5.75 Å². The van der Waals surface area contributed by atoms with Crippen LogP contribution in [0.3, 0.4) is 0 Å². The summed E-state index contributed by atoms with van der Waals surface area (Å²) in [5, 5.41) is 15.0. The van der Waals surface area contributed by atoms with E-state index in [1.807, 2.05) is 0 Å². The second-order valence-electron chi connectivity index (χ2n) is 6.91. The lowest BCUT2D eigenvalue weighted by molar-refractivity contribution is -0.144. The first-order chi connectivity index (χ1) is 12.5. The summed E-state index contributed by atoms with van der Waals surface area (Å²) in [5.41, 5.74) is 0.583. The Kier molecular flexibility index (Phi) is 5.75. The van der Waals surface area contributed by atoms with E-state index in [9.17, 15) is 19.5 Å². The first-order valence-corrected chi connectivity index (χ1v) is 9.13. The van der Waals surface area contributed by atoms with Crippen LogP contribution >= 0.6 is 0 Å². The van der Waals surface area contributed by atoms with Gasteiger partial charge < -0.3 is 20.5 Å². The summed E-state index contributed by atoms with van der Waals surface area (Å²) in [4.78, 5) is 36.1. The van der Waals surface area contributed by atoms with Crippen molar-refractivity contribution in [2.24, 2.45) is 5.92 Å². The number of amides is 2. The van der Waals surface area contributed by atoms with Crippen molar-refractivity contribution < 1.29 is 24.2 Å². The minimum Gasteiger partial charge on any atom is -0.481 e. The Balaban J connectivity index is 1.62. The van der Waals surface area contributed by atoms with E-state index in [1.54, 1.807) is 24.3 Å². The predicted octanol–water partition coefficient (Wildman–Crippen LogP) is 2.32. The normalized spacial score (nSPS) is 25.7. The van der Waals surface area contributed by atoms with Gasteiger partial charge >= 0.3 is 5.97 Å². The lowest BCUT2D eigenvalue weighted by atomic mass is 9.86. The number of fused-ring (bicyclic) bond motifs is 1. The molecule has 1 aromatic rings. The van der Waals surface area contributed by atoms with Crippen molar-refractivity contribution in [3.05, 3.63) is 24.3 Å². The van der Waals surface area contributed by atoms with Crippen LogP contribution in [-0.4, -0.2) is 35.0 Å². The van der Waals surface area contributed by atoms with Crippen LogP contribution in [0.25, 0.3) is 0 Å². The van der Waals surface area contributed by atoms with Crippen LogP contribution in [0.1, 0.15) is 44.9 Å². The maximum atomic E-state index is 12.4. The van der Waals surface area contributed by atoms with Crippen molar-refractivity contribution in [3.8, 4) is 5.75 Å². The number of anilines is 1. The lowest BCUT2D eigenvalue weighted by Crippen LogP contribution is -2.47. The summed E-state index contributed by atoms with van der Waals surface area (Å²) in [6.45, 7) is 0. The number of carbonyl (C=O) groups is 3. The number of rotatable bonds is 4. The number of ether oxygens (including phenoxy) is 1. The van der Waals surface area contributed by atoms with Crippen LogP contribution in [-0.2, 0) is 14.4 Å². The lowest BCUT2D eigenvalue weighted by Gasteiger charge is -2.29. The average Bonchev–Trinajstić information content (AvgIpc) is 2.57. The summed E-state index contributed by atoms with van der Waals surface area (Å²) in [6.07, 6.45) is 3.97. The Bertz CT molecular complexity index is 690. The van der Waals surface area contributed by atoms with Crippen molar-refractivity contribution in [1.82, 2.24) is 5.32 Å². The highest BCUT2D eigenvalue weighted by molar-refractivity contribution is 6.00. The van der Waals surface area contributed by atoms with E-state index < -0.39 is 24.0 Å². The molecule has 1 aliphatic heterocycles. The van der Waals surface area contributed by atoms with Gasteiger partial charge in [-0.25, -0.2) is 0 Å². The van der Waals surface area contributed by atoms with E-state index >= 15 is 0 Å². The number of hydrogen-bond donors (Lipinski definition) is 3. The molecular weight excluding hydrogens is 336 g/mol. The number of para-hydroxylation sites is 2. The largest absolute Gasteiger partial charge is 0.481 e. The highest BCUT2D eigenvalue weighted by atomic mass is 16.5. The van der Waals surface area contributed by atoms with Crippen LogP contribution in [0.2, 0.25) is 0 Å². The molecule has 0 radical (unpaired) electrons. The first-order valence-electron chi connectivity index (χ1n) is 9.13. The monoisotopic (exact) mass is 360 g/mol. The maximum Gasteiger partial charge on any atom is 0.308 e. The SMILES string of the molecule is O=C(CC1Oc2ccccc2NC1=O)NC1CCCCCCC1C(=O)O. The number of benzene rings is 1. The molecule has 3 N–H and O–H groups in total. The molecule has 2 amide bonds. The van der Waals surface area contributed by atoms with Crippen LogP contribution in [0.5, 0.6) is 5.75 Å². The average molecular weight is 360 g/mol. The fourth-order valence-corrected chi connectivity index (χ4v) is 3.61. The summed E-state index contributed by atoms with van der Waals surface area (Å²) in [7, 11) is 0. The number of nitrogens with one attached hydrogen (secondary N) is 2. The van der Waals surface area contributed by atoms with Crippen molar-refractivity contribution in [2.75, 3.05) is 5.32 Å². The third kappa shape index (κ3) is 4.33. The van der Waals surface area contributed by atoms with Gasteiger partial charge in [-0.2, -0.15) is 0 Å². The number of carbonyl (C=O) groups excluding carboxylic acids is 2. The first kappa shape index (κ1) is 18.2. The number of hydrogen-bond acceptors (Lipinski definition) is 4. The Hall–Kier alpha value is -2.57. The van der Waals surface area contributed by atoms with E-state index in [0.29, 0.717) is 24.3 Å². The van der Waals surface area contributed by atoms with Gasteiger partial charge in [-0.15, -0.1) is 0 Å². The molecule has 0 bridgehead atoms. The fraction of sp³-hybridized carbons (Fsp3) is 0.526. The van der Waals surface area contributed by atoms with Crippen molar-refractivity contribution in [1.29, 1.82) is 0 Å². The zero-order valence-corrected chi connectivity index (χ0v) is 14.6. The molecule has 3 atom stereocenters. The van der Waals surface area contributed by atoms with Crippen molar-refractivity contribution in [3.63, 3.8) is 0 Å². The molecule has 7 heteroatoms. The van der Waals surface area contributed by atoms with Gasteiger partial charge in [0.05, 0.1) is 18.0 Å². The van der Waals surface area contributed by atoms with E-state index in [4.69, 9.17) is 4.74 Å². The molecule has 1 aliphatic carbocycles. The smallest absolute Gasteiger partial charge is 0.308 e.